The normalized spacial score (nSPS) is 28.5. The summed E-state index contributed by atoms with van der Waals surface area (Å²) in [4.78, 5) is 11.0. The van der Waals surface area contributed by atoms with Gasteiger partial charge in [0.15, 0.2) is 0 Å². The van der Waals surface area contributed by atoms with Crippen LogP contribution in [0.4, 0.5) is 0 Å². The molecule has 3 aliphatic rings. The zero-order valence-electron chi connectivity index (χ0n) is 9.45. The third-order valence-corrected chi connectivity index (χ3v) is 3.86. The van der Waals surface area contributed by atoms with Gasteiger partial charge < -0.3 is 4.90 Å². The van der Waals surface area contributed by atoms with Crippen LogP contribution in [0.2, 0.25) is 0 Å². The maximum absolute atomic E-state index is 4.62. The highest BCUT2D eigenvalue weighted by molar-refractivity contribution is 6.30. The Kier molecular flexibility index (Phi) is 1.78. The summed E-state index contributed by atoms with van der Waals surface area (Å²) in [5.74, 6) is 1.62. The molecule has 2 atom stereocenters. The second kappa shape index (κ2) is 3.29. The van der Waals surface area contributed by atoms with Crippen LogP contribution in [0.1, 0.15) is 17.2 Å². The van der Waals surface area contributed by atoms with E-state index in [-0.39, 0.29) is 0 Å². The van der Waals surface area contributed by atoms with Gasteiger partial charge in [-0.15, -0.1) is 0 Å². The molecule has 4 rings (SSSR count). The lowest BCUT2D eigenvalue weighted by Crippen LogP contribution is -2.39. The topological polar surface area (TPSA) is 28.0 Å². The van der Waals surface area contributed by atoms with Crippen LogP contribution >= 0.6 is 0 Å². The van der Waals surface area contributed by atoms with E-state index in [1.54, 1.807) is 0 Å². The zero-order valence-corrected chi connectivity index (χ0v) is 9.45. The molecule has 2 heterocycles. The van der Waals surface area contributed by atoms with Gasteiger partial charge in [0, 0.05) is 24.9 Å². The molecule has 0 bridgehead atoms. The fourth-order valence-corrected chi connectivity index (χ4v) is 3.13. The van der Waals surface area contributed by atoms with Crippen LogP contribution in [0.3, 0.4) is 0 Å². The van der Waals surface area contributed by atoms with Gasteiger partial charge in [-0.05, 0) is 17.5 Å². The second-order valence-electron chi connectivity index (χ2n) is 4.79. The van der Waals surface area contributed by atoms with E-state index in [9.17, 15) is 0 Å². The summed E-state index contributed by atoms with van der Waals surface area (Å²) < 4.78 is 0. The molecule has 84 valence electrons. The average Bonchev–Trinajstić information content (AvgIpc) is 2.77. The minimum Gasteiger partial charge on any atom is -0.323 e. The molecule has 0 spiro atoms. The maximum Gasteiger partial charge on any atom is 0.146 e. The van der Waals surface area contributed by atoms with Gasteiger partial charge in [0.1, 0.15) is 5.84 Å². The molecule has 1 aromatic carbocycles. The number of fused-ring (bicyclic) bond motifs is 5. The van der Waals surface area contributed by atoms with E-state index >= 15 is 0 Å². The minimum atomic E-state index is 0.460. The van der Waals surface area contributed by atoms with E-state index in [1.165, 1.54) is 11.1 Å². The summed E-state index contributed by atoms with van der Waals surface area (Å²) >= 11 is 0. The first-order chi connectivity index (χ1) is 8.43. The molecule has 17 heavy (non-hydrogen) atoms. The molecule has 3 heteroatoms. The Hall–Kier alpha value is -1.90. The summed E-state index contributed by atoms with van der Waals surface area (Å²) in [6, 6.07) is 9.22. The molecule has 0 fully saturated rings. The van der Waals surface area contributed by atoms with Gasteiger partial charge >= 0.3 is 0 Å². The first-order valence-electron chi connectivity index (χ1n) is 6.04. The lowest BCUT2D eigenvalue weighted by atomic mass is 9.97. The van der Waals surface area contributed by atoms with Crippen molar-refractivity contribution in [2.45, 2.75) is 12.5 Å². The fraction of sp³-hybridized carbons (Fsp3) is 0.286. The summed E-state index contributed by atoms with van der Waals surface area (Å²) in [5, 5.41) is 0. The smallest absolute Gasteiger partial charge is 0.146 e. The lowest BCUT2D eigenvalue weighted by molar-refractivity contribution is 0.294. The van der Waals surface area contributed by atoms with Crippen LogP contribution in [0, 0.1) is 5.92 Å². The Balaban J connectivity index is 1.84. The van der Waals surface area contributed by atoms with E-state index in [4.69, 9.17) is 0 Å². The zero-order chi connectivity index (χ0) is 11.2. The number of hydrogen-bond acceptors (Lipinski definition) is 3. The number of nitrogens with zero attached hydrogens (tertiary/aromatic N) is 3. The predicted octanol–water partition coefficient (Wildman–Crippen LogP) is 2.17. The summed E-state index contributed by atoms with van der Waals surface area (Å²) in [5.41, 5.74) is 2.94. The van der Waals surface area contributed by atoms with Crippen LogP contribution < -0.4 is 0 Å². The first kappa shape index (κ1) is 9.16. The minimum absolute atomic E-state index is 0.460. The third kappa shape index (κ3) is 1.22. The Bertz CT molecular complexity index is 556. The van der Waals surface area contributed by atoms with Crippen LogP contribution in [-0.4, -0.2) is 23.5 Å². The Labute approximate surface area is 100 Å². The molecule has 3 nitrogen and oxygen atoms in total. The van der Waals surface area contributed by atoms with E-state index in [0.717, 1.165) is 18.8 Å². The SMILES string of the molecule is C1=CN2C(=NC[C@@H]3Cc4ccccc4[C@@H]32)C=N1. The molecule has 0 N–H and O–H groups in total. The van der Waals surface area contributed by atoms with Gasteiger partial charge in [0.2, 0.25) is 0 Å². The fourth-order valence-electron chi connectivity index (χ4n) is 3.13. The monoisotopic (exact) mass is 223 g/mol. The average molecular weight is 223 g/mol. The van der Waals surface area contributed by atoms with Crippen molar-refractivity contribution in [3.8, 4) is 0 Å². The van der Waals surface area contributed by atoms with Gasteiger partial charge in [-0.1, -0.05) is 24.3 Å². The largest absolute Gasteiger partial charge is 0.323 e. The quantitative estimate of drug-likeness (QED) is 0.662. The van der Waals surface area contributed by atoms with Crippen LogP contribution in [-0.2, 0) is 6.42 Å². The summed E-state index contributed by atoms with van der Waals surface area (Å²) in [6.45, 7) is 0.922. The highest BCUT2D eigenvalue weighted by atomic mass is 15.2. The van der Waals surface area contributed by atoms with Gasteiger partial charge in [0.25, 0.3) is 0 Å². The number of benzene rings is 1. The van der Waals surface area contributed by atoms with Crippen LogP contribution in [0.15, 0.2) is 46.7 Å². The lowest BCUT2D eigenvalue weighted by Gasteiger charge is -2.36. The molecule has 1 aliphatic carbocycles. The highest BCUT2D eigenvalue weighted by Gasteiger charge is 2.39. The van der Waals surface area contributed by atoms with Gasteiger partial charge in [0.05, 0.1) is 12.3 Å². The molecule has 1 aromatic rings. The van der Waals surface area contributed by atoms with Crippen molar-refractivity contribution in [1.82, 2.24) is 4.90 Å². The predicted molar refractivity (Wildman–Crippen MR) is 68.2 cm³/mol. The Morgan fingerprint density at radius 3 is 3.18 bits per heavy atom. The second-order valence-corrected chi connectivity index (χ2v) is 4.79. The van der Waals surface area contributed by atoms with Gasteiger partial charge in [-0.3, -0.25) is 9.98 Å². The van der Waals surface area contributed by atoms with Crippen molar-refractivity contribution in [3.63, 3.8) is 0 Å². The van der Waals surface area contributed by atoms with E-state index in [2.05, 4.69) is 45.4 Å². The molecule has 0 radical (unpaired) electrons. The van der Waals surface area contributed by atoms with Crippen molar-refractivity contribution in [1.29, 1.82) is 0 Å². The molecular weight excluding hydrogens is 210 g/mol. The van der Waals surface area contributed by atoms with E-state index < -0.39 is 0 Å². The molecule has 0 aromatic heterocycles. The molecule has 0 saturated carbocycles. The number of aliphatic imine (C=N–C) groups is 2. The Morgan fingerprint density at radius 2 is 2.18 bits per heavy atom. The molecule has 0 unspecified atom stereocenters. The number of rotatable bonds is 0. The number of amidine groups is 1. The maximum atomic E-state index is 4.62. The highest BCUT2D eigenvalue weighted by Crippen LogP contribution is 2.42. The summed E-state index contributed by atoms with van der Waals surface area (Å²) in [6.07, 6.45) is 6.91. The van der Waals surface area contributed by atoms with Gasteiger partial charge in [-0.2, -0.15) is 0 Å². The summed E-state index contributed by atoms with van der Waals surface area (Å²) in [7, 11) is 0. The van der Waals surface area contributed by atoms with Crippen molar-refractivity contribution in [2.75, 3.05) is 6.54 Å². The van der Waals surface area contributed by atoms with E-state index in [1.807, 2.05) is 12.4 Å². The number of hydrogen-bond donors (Lipinski definition) is 0. The van der Waals surface area contributed by atoms with Crippen molar-refractivity contribution < 1.29 is 0 Å². The Morgan fingerprint density at radius 1 is 1.24 bits per heavy atom. The van der Waals surface area contributed by atoms with Crippen molar-refractivity contribution in [3.05, 3.63) is 47.8 Å². The van der Waals surface area contributed by atoms with Crippen molar-refractivity contribution in [2.24, 2.45) is 15.9 Å². The van der Waals surface area contributed by atoms with E-state index in [0.29, 0.717) is 12.0 Å². The third-order valence-electron chi connectivity index (χ3n) is 3.86. The standard InChI is InChI=1S/C14H13N3/c1-2-4-12-10(3-1)7-11-8-16-13-9-15-5-6-17(13)14(11)12/h1-6,9,11,14H,7-8H2/t11-,14+/m0/s1. The molecular formula is C14H13N3. The first-order valence-corrected chi connectivity index (χ1v) is 6.04. The van der Waals surface area contributed by atoms with Crippen LogP contribution in [0.5, 0.6) is 0 Å². The molecule has 2 aliphatic heterocycles. The van der Waals surface area contributed by atoms with Gasteiger partial charge in [-0.25, -0.2) is 0 Å². The van der Waals surface area contributed by atoms with Crippen molar-refractivity contribution >= 4 is 12.1 Å². The van der Waals surface area contributed by atoms with Crippen LogP contribution in [0.25, 0.3) is 0 Å². The molecule has 0 amide bonds. The molecule has 0 saturated heterocycles.